The lowest BCUT2D eigenvalue weighted by Gasteiger charge is -2.22. The van der Waals surface area contributed by atoms with Gasteiger partial charge in [0.15, 0.2) is 0 Å². The van der Waals surface area contributed by atoms with Crippen molar-refractivity contribution in [2.45, 2.75) is 39.2 Å². The average molecular weight is 285 g/mol. The molecule has 0 atom stereocenters. The van der Waals surface area contributed by atoms with E-state index >= 15 is 0 Å². The van der Waals surface area contributed by atoms with E-state index in [4.69, 9.17) is 5.73 Å². The number of carbonyl (C=O) groups excluding carboxylic acids is 1. The van der Waals surface area contributed by atoms with Gasteiger partial charge in [-0.15, -0.1) is 0 Å². The van der Waals surface area contributed by atoms with E-state index < -0.39 is 0 Å². The molecular formula is C17H23N3O. The maximum atomic E-state index is 12.8. The fraction of sp³-hybridized carbons (Fsp3) is 0.471. The highest BCUT2D eigenvalue weighted by Gasteiger charge is 2.33. The Morgan fingerprint density at radius 2 is 2.14 bits per heavy atom. The summed E-state index contributed by atoms with van der Waals surface area (Å²) >= 11 is 0. The van der Waals surface area contributed by atoms with E-state index in [0.29, 0.717) is 17.7 Å². The summed E-state index contributed by atoms with van der Waals surface area (Å²) in [5.74, 6) is 0.731. The zero-order chi connectivity index (χ0) is 15.0. The number of nitrogens with two attached hydrogens (primary N) is 1. The predicted octanol–water partition coefficient (Wildman–Crippen LogP) is 3.40. The average Bonchev–Trinajstić information content (AvgIpc) is 3.17. The molecule has 4 heteroatoms. The van der Waals surface area contributed by atoms with Crippen LogP contribution in [0.2, 0.25) is 0 Å². The van der Waals surface area contributed by atoms with Gasteiger partial charge in [0.2, 0.25) is 0 Å². The number of fused-ring (bicyclic) bond motifs is 1. The Balaban J connectivity index is 1.83. The molecule has 3 N–H and O–H groups in total. The first-order chi connectivity index (χ1) is 10.0. The summed E-state index contributed by atoms with van der Waals surface area (Å²) in [6, 6.07) is 8.03. The third-order valence-corrected chi connectivity index (χ3v) is 4.07. The highest BCUT2D eigenvalue weighted by atomic mass is 16.2. The largest absolute Gasteiger partial charge is 0.399 e. The Hall–Kier alpha value is -1.97. The first-order valence-corrected chi connectivity index (χ1v) is 7.74. The molecule has 112 valence electrons. The molecule has 1 aliphatic carbocycles. The summed E-state index contributed by atoms with van der Waals surface area (Å²) < 4.78 is 0. The van der Waals surface area contributed by atoms with Gasteiger partial charge in [-0.05, 0) is 49.4 Å². The summed E-state index contributed by atoms with van der Waals surface area (Å²) in [5, 5.41) is 0.998. The first kappa shape index (κ1) is 14.0. The minimum Gasteiger partial charge on any atom is -0.399 e. The van der Waals surface area contributed by atoms with Gasteiger partial charge in [-0.3, -0.25) is 4.79 Å². The normalized spacial score (nSPS) is 14.8. The van der Waals surface area contributed by atoms with Crippen molar-refractivity contribution in [2.75, 3.05) is 12.3 Å². The molecule has 0 saturated heterocycles. The number of amides is 1. The number of anilines is 1. The Bertz CT molecular complexity index is 655. The monoisotopic (exact) mass is 285 g/mol. The number of H-pyrrole nitrogens is 1. The third-order valence-electron chi connectivity index (χ3n) is 4.07. The van der Waals surface area contributed by atoms with E-state index in [1.807, 2.05) is 29.2 Å². The summed E-state index contributed by atoms with van der Waals surface area (Å²) in [6.07, 6.45) is 3.32. The van der Waals surface area contributed by atoms with Gasteiger partial charge >= 0.3 is 0 Å². The summed E-state index contributed by atoms with van der Waals surface area (Å²) in [4.78, 5) is 18.0. The van der Waals surface area contributed by atoms with Crippen molar-refractivity contribution in [3.05, 3.63) is 30.0 Å². The molecule has 1 amide bonds. The van der Waals surface area contributed by atoms with Gasteiger partial charge < -0.3 is 15.6 Å². The maximum absolute atomic E-state index is 12.8. The topological polar surface area (TPSA) is 62.1 Å². The Kier molecular flexibility index (Phi) is 3.62. The van der Waals surface area contributed by atoms with E-state index in [2.05, 4.69) is 18.8 Å². The van der Waals surface area contributed by atoms with Crippen LogP contribution >= 0.6 is 0 Å². The van der Waals surface area contributed by atoms with Crippen molar-refractivity contribution < 1.29 is 4.79 Å². The smallest absolute Gasteiger partial charge is 0.270 e. The maximum Gasteiger partial charge on any atom is 0.270 e. The zero-order valence-corrected chi connectivity index (χ0v) is 12.7. The second kappa shape index (κ2) is 5.43. The molecule has 0 radical (unpaired) electrons. The summed E-state index contributed by atoms with van der Waals surface area (Å²) in [5.41, 5.74) is 8.16. The Morgan fingerprint density at radius 1 is 1.38 bits per heavy atom. The molecule has 4 nitrogen and oxygen atoms in total. The molecule has 1 aliphatic rings. The number of aromatic amines is 1. The van der Waals surface area contributed by atoms with Crippen molar-refractivity contribution in [3.63, 3.8) is 0 Å². The van der Waals surface area contributed by atoms with Gasteiger partial charge in [-0.25, -0.2) is 0 Å². The lowest BCUT2D eigenvalue weighted by atomic mass is 10.1. The molecule has 21 heavy (non-hydrogen) atoms. The van der Waals surface area contributed by atoms with Crippen molar-refractivity contribution in [2.24, 2.45) is 5.92 Å². The fourth-order valence-electron chi connectivity index (χ4n) is 2.65. The van der Waals surface area contributed by atoms with Crippen LogP contribution in [-0.4, -0.2) is 28.4 Å². The highest BCUT2D eigenvalue weighted by Crippen LogP contribution is 2.29. The SMILES string of the molecule is CC(C)CCN(C(=O)c1cc2cc(N)ccc2[nH]1)C1CC1. The molecule has 3 rings (SSSR count). The fourth-order valence-corrected chi connectivity index (χ4v) is 2.65. The first-order valence-electron chi connectivity index (χ1n) is 7.74. The molecule has 2 aromatic rings. The van der Waals surface area contributed by atoms with E-state index in [1.165, 1.54) is 0 Å². The second-order valence-corrected chi connectivity index (χ2v) is 6.44. The third kappa shape index (κ3) is 3.04. The minimum atomic E-state index is 0.118. The van der Waals surface area contributed by atoms with Crippen LogP contribution in [-0.2, 0) is 0 Å². The lowest BCUT2D eigenvalue weighted by molar-refractivity contribution is 0.0730. The molecule has 0 unspecified atom stereocenters. The Labute approximate surface area is 125 Å². The van der Waals surface area contributed by atoms with Crippen LogP contribution in [0.15, 0.2) is 24.3 Å². The van der Waals surface area contributed by atoms with Crippen LogP contribution in [0, 0.1) is 5.92 Å². The molecule has 1 aromatic heterocycles. The summed E-state index contributed by atoms with van der Waals surface area (Å²) in [6.45, 7) is 5.24. The minimum absolute atomic E-state index is 0.118. The second-order valence-electron chi connectivity index (χ2n) is 6.44. The standard InChI is InChI=1S/C17H23N3O/c1-11(2)7-8-20(14-4-5-14)17(21)16-10-12-9-13(18)3-6-15(12)19-16/h3,6,9-11,14,19H,4-5,7-8,18H2,1-2H3. The molecule has 1 heterocycles. The number of aromatic nitrogens is 1. The number of hydrogen-bond acceptors (Lipinski definition) is 2. The zero-order valence-electron chi connectivity index (χ0n) is 12.7. The number of rotatable bonds is 5. The number of hydrogen-bond donors (Lipinski definition) is 2. The molecule has 1 saturated carbocycles. The number of carbonyl (C=O) groups is 1. The van der Waals surface area contributed by atoms with E-state index in [1.54, 1.807) is 0 Å². The highest BCUT2D eigenvalue weighted by molar-refractivity contribution is 5.98. The van der Waals surface area contributed by atoms with Crippen molar-refractivity contribution in [3.8, 4) is 0 Å². The van der Waals surface area contributed by atoms with Crippen LogP contribution < -0.4 is 5.73 Å². The van der Waals surface area contributed by atoms with E-state index in [9.17, 15) is 4.79 Å². The van der Waals surface area contributed by atoms with Gasteiger partial charge in [0.05, 0.1) is 0 Å². The van der Waals surface area contributed by atoms with Crippen molar-refractivity contribution in [1.29, 1.82) is 0 Å². The van der Waals surface area contributed by atoms with Gasteiger partial charge in [-0.2, -0.15) is 0 Å². The van der Waals surface area contributed by atoms with Crippen molar-refractivity contribution in [1.82, 2.24) is 9.88 Å². The number of benzene rings is 1. The molecule has 0 spiro atoms. The van der Waals surface area contributed by atoms with Crippen LogP contribution in [0.25, 0.3) is 10.9 Å². The van der Waals surface area contributed by atoms with E-state index in [-0.39, 0.29) is 5.91 Å². The quantitative estimate of drug-likeness (QED) is 0.827. The van der Waals surface area contributed by atoms with Crippen molar-refractivity contribution >= 4 is 22.5 Å². The van der Waals surface area contributed by atoms with Crippen LogP contribution in [0.4, 0.5) is 5.69 Å². The van der Waals surface area contributed by atoms with E-state index in [0.717, 1.165) is 42.4 Å². The summed E-state index contributed by atoms with van der Waals surface area (Å²) in [7, 11) is 0. The van der Waals surface area contributed by atoms with Crippen LogP contribution in [0.3, 0.4) is 0 Å². The van der Waals surface area contributed by atoms with Gasteiger partial charge in [0.25, 0.3) is 5.91 Å². The lowest BCUT2D eigenvalue weighted by Crippen LogP contribution is -2.34. The molecular weight excluding hydrogens is 262 g/mol. The van der Waals surface area contributed by atoms with Crippen LogP contribution in [0.1, 0.15) is 43.6 Å². The van der Waals surface area contributed by atoms with Gasteiger partial charge in [-0.1, -0.05) is 13.8 Å². The number of nitrogen functional groups attached to an aromatic ring is 1. The molecule has 0 bridgehead atoms. The van der Waals surface area contributed by atoms with Gasteiger partial charge in [0.1, 0.15) is 5.69 Å². The Morgan fingerprint density at radius 3 is 2.81 bits per heavy atom. The molecule has 0 aliphatic heterocycles. The number of nitrogens with one attached hydrogen (secondary N) is 1. The van der Waals surface area contributed by atoms with Crippen LogP contribution in [0.5, 0.6) is 0 Å². The predicted molar refractivity (Wildman–Crippen MR) is 86.2 cm³/mol. The van der Waals surface area contributed by atoms with Gasteiger partial charge in [0, 0.05) is 29.2 Å². The molecule has 1 fully saturated rings. The molecule has 1 aromatic carbocycles. The number of nitrogens with zero attached hydrogens (tertiary/aromatic N) is 1.